The minimum absolute atomic E-state index is 0.591. The van der Waals surface area contributed by atoms with Crippen LogP contribution < -0.4 is 5.32 Å². The number of aryl methyl sites for hydroxylation is 2. The van der Waals surface area contributed by atoms with Crippen LogP contribution in [0.5, 0.6) is 0 Å². The first-order chi connectivity index (χ1) is 7.76. The van der Waals surface area contributed by atoms with Crippen LogP contribution >= 0.6 is 0 Å². The van der Waals surface area contributed by atoms with Crippen molar-refractivity contribution >= 4 is 0 Å². The number of hydrogen-bond donors (Lipinski definition) is 1. The maximum absolute atomic E-state index is 4.19. The Hall–Kier alpha value is -0.970. The van der Waals surface area contributed by atoms with Gasteiger partial charge in [-0.25, -0.2) is 0 Å². The van der Waals surface area contributed by atoms with Crippen LogP contribution in [-0.2, 0) is 13.5 Å². The highest BCUT2D eigenvalue weighted by atomic mass is 15.6. The minimum Gasteiger partial charge on any atom is -0.314 e. The lowest BCUT2D eigenvalue weighted by Gasteiger charge is -2.16. The largest absolute Gasteiger partial charge is 0.314 e. The van der Waals surface area contributed by atoms with Crippen LogP contribution in [0.15, 0.2) is 0 Å². The molecule has 92 valence electrons. The summed E-state index contributed by atoms with van der Waals surface area (Å²) in [5.74, 6) is 0.849. The maximum Gasteiger partial charge on any atom is 0.174 e. The molecule has 16 heavy (non-hydrogen) atoms. The number of hydrogen-bond acceptors (Lipinski definition) is 4. The van der Waals surface area contributed by atoms with Gasteiger partial charge in [0.1, 0.15) is 0 Å². The summed E-state index contributed by atoms with van der Waals surface area (Å²) in [6, 6.07) is 0.591. The Bertz CT molecular complexity index is 284. The third-order valence-electron chi connectivity index (χ3n) is 2.59. The van der Waals surface area contributed by atoms with E-state index in [9.17, 15) is 0 Å². The molecule has 0 saturated carbocycles. The van der Waals surface area contributed by atoms with Crippen LogP contribution in [-0.4, -0.2) is 32.8 Å². The predicted molar refractivity (Wildman–Crippen MR) is 64.1 cm³/mol. The standard InChI is InChI=1S/C11H23N5/c1-4-6-10(12-9-5-2)7-8-11-13-15-16(3)14-11/h10,12H,4-9H2,1-3H3. The van der Waals surface area contributed by atoms with E-state index in [2.05, 4.69) is 34.6 Å². The lowest BCUT2D eigenvalue weighted by atomic mass is 10.1. The monoisotopic (exact) mass is 225 g/mol. The van der Waals surface area contributed by atoms with Crippen LogP contribution in [0.3, 0.4) is 0 Å². The van der Waals surface area contributed by atoms with Gasteiger partial charge in [-0.05, 0) is 31.0 Å². The SMILES string of the molecule is CCCNC(CCC)CCc1nnn(C)n1. The van der Waals surface area contributed by atoms with Gasteiger partial charge in [0.05, 0.1) is 7.05 Å². The van der Waals surface area contributed by atoms with Crippen LogP contribution in [0.2, 0.25) is 0 Å². The third-order valence-corrected chi connectivity index (χ3v) is 2.59. The van der Waals surface area contributed by atoms with Gasteiger partial charge < -0.3 is 5.32 Å². The second kappa shape index (κ2) is 7.33. The average Bonchev–Trinajstić information content (AvgIpc) is 2.68. The molecule has 1 aromatic heterocycles. The second-order valence-corrected chi connectivity index (χ2v) is 4.17. The lowest BCUT2D eigenvalue weighted by molar-refractivity contribution is 0.445. The highest BCUT2D eigenvalue weighted by Gasteiger charge is 2.08. The first-order valence-corrected chi connectivity index (χ1v) is 6.22. The van der Waals surface area contributed by atoms with Gasteiger partial charge in [0.15, 0.2) is 5.82 Å². The van der Waals surface area contributed by atoms with Crippen LogP contribution in [0.25, 0.3) is 0 Å². The fourth-order valence-corrected chi connectivity index (χ4v) is 1.77. The molecule has 0 amide bonds. The highest BCUT2D eigenvalue weighted by Crippen LogP contribution is 2.05. The predicted octanol–water partition coefficient (Wildman–Crippen LogP) is 1.31. The number of rotatable bonds is 8. The molecular formula is C11H23N5. The lowest BCUT2D eigenvalue weighted by Crippen LogP contribution is -2.30. The van der Waals surface area contributed by atoms with Crippen molar-refractivity contribution < 1.29 is 0 Å². The number of nitrogens with zero attached hydrogens (tertiary/aromatic N) is 4. The molecular weight excluding hydrogens is 202 g/mol. The zero-order valence-electron chi connectivity index (χ0n) is 10.6. The highest BCUT2D eigenvalue weighted by molar-refractivity contribution is 4.80. The van der Waals surface area contributed by atoms with Gasteiger partial charge >= 0.3 is 0 Å². The molecule has 0 aromatic carbocycles. The van der Waals surface area contributed by atoms with Gasteiger partial charge in [0, 0.05) is 12.5 Å². The summed E-state index contributed by atoms with van der Waals surface area (Å²) in [5.41, 5.74) is 0. The average molecular weight is 225 g/mol. The van der Waals surface area contributed by atoms with E-state index >= 15 is 0 Å². The molecule has 0 aliphatic heterocycles. The Balaban J connectivity index is 2.30. The summed E-state index contributed by atoms with van der Waals surface area (Å²) in [5, 5.41) is 15.6. The Morgan fingerprint density at radius 3 is 2.62 bits per heavy atom. The fourth-order valence-electron chi connectivity index (χ4n) is 1.77. The van der Waals surface area contributed by atoms with Gasteiger partial charge in [0.2, 0.25) is 0 Å². The molecule has 1 aromatic rings. The van der Waals surface area contributed by atoms with Crippen LogP contribution in [0.4, 0.5) is 0 Å². The summed E-state index contributed by atoms with van der Waals surface area (Å²) >= 11 is 0. The molecule has 5 nitrogen and oxygen atoms in total. The van der Waals surface area contributed by atoms with Gasteiger partial charge in [-0.3, -0.25) is 0 Å². The molecule has 1 rings (SSSR count). The molecule has 0 radical (unpaired) electrons. The molecule has 1 N–H and O–H groups in total. The van der Waals surface area contributed by atoms with Crippen molar-refractivity contribution in [2.75, 3.05) is 6.54 Å². The Morgan fingerprint density at radius 2 is 2.06 bits per heavy atom. The zero-order valence-corrected chi connectivity index (χ0v) is 10.6. The van der Waals surface area contributed by atoms with E-state index in [1.807, 2.05) is 0 Å². The van der Waals surface area contributed by atoms with Crippen molar-refractivity contribution in [2.24, 2.45) is 7.05 Å². The Morgan fingerprint density at radius 1 is 1.25 bits per heavy atom. The van der Waals surface area contributed by atoms with E-state index in [-0.39, 0.29) is 0 Å². The quantitative estimate of drug-likeness (QED) is 0.725. The van der Waals surface area contributed by atoms with E-state index in [4.69, 9.17) is 0 Å². The van der Waals surface area contributed by atoms with Crippen molar-refractivity contribution in [3.63, 3.8) is 0 Å². The van der Waals surface area contributed by atoms with Crippen molar-refractivity contribution in [1.29, 1.82) is 0 Å². The molecule has 0 aliphatic carbocycles. The van der Waals surface area contributed by atoms with E-state index in [1.54, 1.807) is 7.05 Å². The Kier molecular flexibility index (Phi) is 6.00. The molecule has 1 heterocycles. The summed E-state index contributed by atoms with van der Waals surface area (Å²) in [6.07, 6.45) is 5.63. The second-order valence-electron chi connectivity index (χ2n) is 4.17. The molecule has 0 aliphatic rings. The first-order valence-electron chi connectivity index (χ1n) is 6.22. The summed E-state index contributed by atoms with van der Waals surface area (Å²) < 4.78 is 0. The topological polar surface area (TPSA) is 55.6 Å². The van der Waals surface area contributed by atoms with Crippen LogP contribution in [0, 0.1) is 0 Å². The molecule has 0 spiro atoms. The fraction of sp³-hybridized carbons (Fsp3) is 0.909. The number of tetrazole rings is 1. The number of aromatic nitrogens is 4. The molecule has 0 fully saturated rings. The van der Waals surface area contributed by atoms with Gasteiger partial charge in [-0.1, -0.05) is 20.3 Å². The zero-order chi connectivity index (χ0) is 11.8. The van der Waals surface area contributed by atoms with E-state index in [0.717, 1.165) is 25.2 Å². The van der Waals surface area contributed by atoms with Crippen molar-refractivity contribution in [1.82, 2.24) is 25.5 Å². The normalized spacial score (nSPS) is 12.9. The van der Waals surface area contributed by atoms with Crippen LogP contribution in [0.1, 0.15) is 45.4 Å². The third kappa shape index (κ3) is 4.70. The van der Waals surface area contributed by atoms with E-state index in [0.29, 0.717) is 6.04 Å². The van der Waals surface area contributed by atoms with Crippen molar-refractivity contribution in [2.45, 2.75) is 52.0 Å². The minimum atomic E-state index is 0.591. The first kappa shape index (κ1) is 13.1. The summed E-state index contributed by atoms with van der Waals surface area (Å²) in [4.78, 5) is 1.52. The molecule has 1 unspecified atom stereocenters. The summed E-state index contributed by atoms with van der Waals surface area (Å²) in [7, 11) is 1.80. The van der Waals surface area contributed by atoms with Crippen molar-refractivity contribution in [3.8, 4) is 0 Å². The van der Waals surface area contributed by atoms with E-state index < -0.39 is 0 Å². The van der Waals surface area contributed by atoms with Gasteiger partial charge in [-0.15, -0.1) is 10.2 Å². The smallest absolute Gasteiger partial charge is 0.174 e. The number of nitrogens with one attached hydrogen (secondary N) is 1. The molecule has 1 atom stereocenters. The van der Waals surface area contributed by atoms with Crippen molar-refractivity contribution in [3.05, 3.63) is 5.82 Å². The molecule has 0 bridgehead atoms. The summed E-state index contributed by atoms with van der Waals surface area (Å²) in [6.45, 7) is 5.51. The Labute approximate surface area is 97.6 Å². The van der Waals surface area contributed by atoms with Gasteiger partial charge in [0.25, 0.3) is 0 Å². The maximum atomic E-state index is 4.19. The van der Waals surface area contributed by atoms with E-state index in [1.165, 1.54) is 24.1 Å². The molecule has 5 heteroatoms. The molecule has 0 saturated heterocycles. The van der Waals surface area contributed by atoms with Gasteiger partial charge in [-0.2, -0.15) is 4.80 Å².